The van der Waals surface area contributed by atoms with Crippen LogP contribution in [0.2, 0.25) is 0 Å². The summed E-state index contributed by atoms with van der Waals surface area (Å²) in [6.45, 7) is 6.43. The van der Waals surface area contributed by atoms with Crippen molar-refractivity contribution in [2.45, 2.75) is 70.6 Å². The van der Waals surface area contributed by atoms with Gasteiger partial charge in [0.2, 0.25) is 0 Å². The molecule has 0 aromatic rings. The molecule has 2 fully saturated rings. The van der Waals surface area contributed by atoms with Gasteiger partial charge in [0, 0.05) is 30.7 Å². The highest BCUT2D eigenvalue weighted by Crippen LogP contribution is 2.53. The predicted octanol–water partition coefficient (Wildman–Crippen LogP) is 2.65. The maximum atomic E-state index is 6.01. The minimum Gasteiger partial charge on any atom is -0.378 e. The Labute approximate surface area is 119 Å². The number of hydrogen-bond donors (Lipinski definition) is 1. The molecule has 3 atom stereocenters. The molecule has 1 N–H and O–H groups in total. The first-order chi connectivity index (χ1) is 9.08. The average molecular weight is 268 g/mol. The van der Waals surface area contributed by atoms with E-state index in [-0.39, 0.29) is 0 Å². The van der Waals surface area contributed by atoms with Gasteiger partial charge in [-0.2, -0.15) is 0 Å². The highest BCUT2D eigenvalue weighted by Gasteiger charge is 2.55. The van der Waals surface area contributed by atoms with Crippen molar-refractivity contribution >= 4 is 0 Å². The van der Waals surface area contributed by atoms with Crippen LogP contribution in [-0.2, 0) is 4.74 Å². The van der Waals surface area contributed by atoms with E-state index >= 15 is 0 Å². The Morgan fingerprint density at radius 2 is 1.95 bits per heavy atom. The molecule has 0 aliphatic heterocycles. The van der Waals surface area contributed by atoms with E-state index in [0.717, 1.165) is 13.2 Å². The quantitative estimate of drug-likeness (QED) is 0.801. The summed E-state index contributed by atoms with van der Waals surface area (Å²) >= 11 is 0. The van der Waals surface area contributed by atoms with Crippen molar-refractivity contribution < 1.29 is 4.74 Å². The van der Waals surface area contributed by atoms with E-state index in [4.69, 9.17) is 4.74 Å². The lowest BCUT2D eigenvalue weighted by molar-refractivity contribution is -0.152. The van der Waals surface area contributed by atoms with Crippen LogP contribution in [0.1, 0.15) is 52.4 Å². The molecule has 2 saturated carbocycles. The average Bonchev–Trinajstić information content (AvgIpc) is 2.38. The Kier molecular flexibility index (Phi) is 5.27. The van der Waals surface area contributed by atoms with Crippen LogP contribution < -0.4 is 5.32 Å². The minimum absolute atomic E-state index is 0.453. The second-order valence-electron chi connectivity index (χ2n) is 6.86. The minimum atomic E-state index is 0.453. The Bertz CT molecular complexity index is 274. The van der Waals surface area contributed by atoms with Gasteiger partial charge in [-0.05, 0) is 47.2 Å². The van der Waals surface area contributed by atoms with E-state index in [1.807, 2.05) is 0 Å². The highest BCUT2D eigenvalue weighted by atomic mass is 16.5. The SMILES string of the molecule is CCOC1CC(NC(C)CN(C)C)C12CCCCC2. The molecule has 19 heavy (non-hydrogen) atoms. The van der Waals surface area contributed by atoms with Gasteiger partial charge in [-0.15, -0.1) is 0 Å². The summed E-state index contributed by atoms with van der Waals surface area (Å²) < 4.78 is 6.01. The fraction of sp³-hybridized carbons (Fsp3) is 1.00. The molecule has 2 aliphatic rings. The van der Waals surface area contributed by atoms with Gasteiger partial charge >= 0.3 is 0 Å². The summed E-state index contributed by atoms with van der Waals surface area (Å²) in [4.78, 5) is 2.27. The lowest BCUT2D eigenvalue weighted by Crippen LogP contribution is -2.66. The van der Waals surface area contributed by atoms with E-state index in [2.05, 4.69) is 38.2 Å². The topological polar surface area (TPSA) is 24.5 Å². The third kappa shape index (κ3) is 3.32. The summed E-state index contributed by atoms with van der Waals surface area (Å²) in [5.41, 5.74) is 0.453. The van der Waals surface area contributed by atoms with Gasteiger partial charge in [-0.3, -0.25) is 0 Å². The zero-order valence-corrected chi connectivity index (χ0v) is 13.2. The summed E-state index contributed by atoms with van der Waals surface area (Å²) in [6, 6.07) is 1.25. The molecule has 2 aliphatic carbocycles. The Morgan fingerprint density at radius 3 is 2.53 bits per heavy atom. The molecule has 3 unspecified atom stereocenters. The predicted molar refractivity (Wildman–Crippen MR) is 80.5 cm³/mol. The van der Waals surface area contributed by atoms with Crippen molar-refractivity contribution in [2.24, 2.45) is 5.41 Å². The van der Waals surface area contributed by atoms with Gasteiger partial charge in [-0.1, -0.05) is 19.3 Å². The van der Waals surface area contributed by atoms with Crippen LogP contribution >= 0.6 is 0 Å². The van der Waals surface area contributed by atoms with Gasteiger partial charge in [0.1, 0.15) is 0 Å². The first-order valence-corrected chi connectivity index (χ1v) is 8.11. The van der Waals surface area contributed by atoms with Gasteiger partial charge in [-0.25, -0.2) is 0 Å². The number of rotatable bonds is 6. The van der Waals surface area contributed by atoms with Crippen LogP contribution in [0.5, 0.6) is 0 Å². The number of nitrogens with one attached hydrogen (secondary N) is 1. The normalized spacial score (nSPS) is 31.4. The number of nitrogens with zero attached hydrogens (tertiary/aromatic N) is 1. The van der Waals surface area contributed by atoms with Crippen LogP contribution in [-0.4, -0.2) is 50.3 Å². The second-order valence-corrected chi connectivity index (χ2v) is 6.86. The summed E-state index contributed by atoms with van der Waals surface area (Å²) in [5, 5.41) is 3.87. The smallest absolute Gasteiger partial charge is 0.0661 e. The molecule has 112 valence electrons. The number of likely N-dealkylation sites (N-methyl/N-ethyl adjacent to an activating group) is 1. The maximum absolute atomic E-state index is 6.01. The molecule has 0 heterocycles. The number of ether oxygens (including phenoxy) is 1. The van der Waals surface area contributed by atoms with Crippen LogP contribution in [0.4, 0.5) is 0 Å². The number of hydrogen-bond acceptors (Lipinski definition) is 3. The molecule has 0 amide bonds. The molecule has 0 aromatic heterocycles. The third-order valence-corrected chi connectivity index (χ3v) is 5.06. The standard InChI is InChI=1S/C16H32N2O/c1-5-19-15-11-14(17-13(2)12-18(3)4)16(15)9-7-6-8-10-16/h13-15,17H,5-12H2,1-4H3. The molecule has 3 nitrogen and oxygen atoms in total. The van der Waals surface area contributed by atoms with Crippen molar-refractivity contribution in [2.75, 3.05) is 27.2 Å². The van der Waals surface area contributed by atoms with E-state index in [0.29, 0.717) is 23.6 Å². The van der Waals surface area contributed by atoms with Crippen LogP contribution in [0, 0.1) is 5.41 Å². The fourth-order valence-corrected chi connectivity index (χ4v) is 4.24. The van der Waals surface area contributed by atoms with Crippen molar-refractivity contribution in [1.82, 2.24) is 10.2 Å². The molecule has 0 bridgehead atoms. The van der Waals surface area contributed by atoms with Crippen molar-refractivity contribution in [3.05, 3.63) is 0 Å². The molecule has 0 radical (unpaired) electrons. The van der Waals surface area contributed by atoms with Gasteiger partial charge in [0.15, 0.2) is 0 Å². The largest absolute Gasteiger partial charge is 0.378 e. The Hall–Kier alpha value is -0.120. The van der Waals surface area contributed by atoms with Crippen LogP contribution in [0.3, 0.4) is 0 Å². The fourth-order valence-electron chi connectivity index (χ4n) is 4.24. The van der Waals surface area contributed by atoms with Gasteiger partial charge in [0.05, 0.1) is 6.10 Å². The monoisotopic (exact) mass is 268 g/mol. The van der Waals surface area contributed by atoms with E-state index in [9.17, 15) is 0 Å². The Morgan fingerprint density at radius 1 is 1.26 bits per heavy atom. The zero-order chi connectivity index (χ0) is 13.9. The summed E-state index contributed by atoms with van der Waals surface area (Å²) in [7, 11) is 4.30. The van der Waals surface area contributed by atoms with Crippen molar-refractivity contribution in [1.29, 1.82) is 0 Å². The molecule has 1 spiro atoms. The lowest BCUT2D eigenvalue weighted by atomic mass is 9.55. The third-order valence-electron chi connectivity index (χ3n) is 5.06. The Balaban J connectivity index is 1.93. The van der Waals surface area contributed by atoms with Crippen molar-refractivity contribution in [3.8, 4) is 0 Å². The van der Waals surface area contributed by atoms with Crippen molar-refractivity contribution in [3.63, 3.8) is 0 Å². The van der Waals surface area contributed by atoms with Gasteiger partial charge in [0.25, 0.3) is 0 Å². The molecule has 0 aromatic carbocycles. The molecular formula is C16H32N2O. The lowest BCUT2D eigenvalue weighted by Gasteiger charge is -2.58. The molecule has 0 saturated heterocycles. The first-order valence-electron chi connectivity index (χ1n) is 8.11. The summed E-state index contributed by atoms with van der Waals surface area (Å²) in [5.74, 6) is 0. The molecule has 2 rings (SSSR count). The highest BCUT2D eigenvalue weighted by molar-refractivity contribution is 5.09. The van der Waals surface area contributed by atoms with Crippen LogP contribution in [0.25, 0.3) is 0 Å². The maximum Gasteiger partial charge on any atom is 0.0661 e. The molecule has 3 heteroatoms. The van der Waals surface area contributed by atoms with Crippen LogP contribution in [0.15, 0.2) is 0 Å². The van der Waals surface area contributed by atoms with E-state index in [1.165, 1.54) is 38.5 Å². The van der Waals surface area contributed by atoms with E-state index < -0.39 is 0 Å². The first kappa shape index (κ1) is 15.3. The molecular weight excluding hydrogens is 236 g/mol. The second kappa shape index (κ2) is 6.55. The summed E-state index contributed by atoms with van der Waals surface area (Å²) in [6.07, 6.45) is 8.66. The zero-order valence-electron chi connectivity index (χ0n) is 13.2. The van der Waals surface area contributed by atoms with E-state index in [1.54, 1.807) is 0 Å². The van der Waals surface area contributed by atoms with Gasteiger partial charge < -0.3 is 15.0 Å².